The fourth-order valence-corrected chi connectivity index (χ4v) is 5.15. The number of carbonyl (C=O) groups excluding carboxylic acids is 1. The molecule has 0 aromatic rings. The third kappa shape index (κ3) is 0.924. The van der Waals surface area contributed by atoms with Crippen molar-refractivity contribution in [3.8, 4) is 0 Å². The van der Waals surface area contributed by atoms with Crippen LogP contribution in [0.25, 0.3) is 0 Å². The van der Waals surface area contributed by atoms with E-state index in [1.807, 2.05) is 0 Å². The highest BCUT2D eigenvalue weighted by atomic mass is 16.7. The van der Waals surface area contributed by atoms with Crippen molar-refractivity contribution < 1.29 is 19.4 Å². The van der Waals surface area contributed by atoms with Crippen molar-refractivity contribution >= 4 is 5.97 Å². The number of carbonyl (C=O) groups is 1. The zero-order valence-electron chi connectivity index (χ0n) is 11.7. The number of hydrogen-bond acceptors (Lipinski definition) is 4. The maximum absolute atomic E-state index is 12.0. The molecule has 0 bridgehead atoms. The summed E-state index contributed by atoms with van der Waals surface area (Å²) in [6.07, 6.45) is 2.09. The number of ether oxygens (including phenoxy) is 2. The molecule has 2 heterocycles. The van der Waals surface area contributed by atoms with Crippen LogP contribution in [0.5, 0.6) is 0 Å². The molecule has 0 amide bonds. The minimum Gasteiger partial charge on any atom is -0.449 e. The summed E-state index contributed by atoms with van der Waals surface area (Å²) in [5.74, 6) is -0.166. The Morgan fingerprint density at radius 2 is 2.11 bits per heavy atom. The van der Waals surface area contributed by atoms with Crippen molar-refractivity contribution in [3.63, 3.8) is 0 Å². The molecule has 4 rings (SSSR count). The molecule has 5 unspecified atom stereocenters. The molecule has 0 aromatic carbocycles. The number of epoxide rings is 1. The molecule has 0 aromatic heterocycles. The van der Waals surface area contributed by atoms with E-state index < -0.39 is 22.8 Å². The van der Waals surface area contributed by atoms with Crippen molar-refractivity contribution in [1.82, 2.24) is 0 Å². The normalized spacial score (nSPS) is 57.3. The SMILES string of the molecule is C=C1C(=O)OC23CC(C)(C)C4OC42C(C)CCC13O. The number of aliphatic hydroxyl groups is 1. The Morgan fingerprint density at radius 3 is 2.74 bits per heavy atom. The Hall–Kier alpha value is -0.870. The first-order valence-corrected chi connectivity index (χ1v) is 7.04. The van der Waals surface area contributed by atoms with Gasteiger partial charge in [0.2, 0.25) is 0 Å². The van der Waals surface area contributed by atoms with Gasteiger partial charge in [0.1, 0.15) is 11.2 Å². The zero-order chi connectivity index (χ0) is 13.8. The standard InChI is InChI=1S/C15H20O4/c1-8-5-6-13(17)9(2)10(16)18-14(13)7-12(3,4)11-15(8,14)19-11/h8,11,17H,2,5-7H2,1,3-4H3. The van der Waals surface area contributed by atoms with Gasteiger partial charge in [-0.05, 0) is 24.2 Å². The van der Waals surface area contributed by atoms with Crippen LogP contribution in [-0.4, -0.2) is 34.0 Å². The van der Waals surface area contributed by atoms with E-state index in [-0.39, 0.29) is 17.1 Å². The van der Waals surface area contributed by atoms with Crippen molar-refractivity contribution in [3.05, 3.63) is 12.2 Å². The average molecular weight is 264 g/mol. The summed E-state index contributed by atoms with van der Waals surface area (Å²) in [4.78, 5) is 12.0. The highest BCUT2D eigenvalue weighted by Crippen LogP contribution is 2.75. The second-order valence-corrected chi connectivity index (χ2v) is 7.45. The molecule has 4 aliphatic rings. The Kier molecular flexibility index (Phi) is 1.74. The van der Waals surface area contributed by atoms with Crippen LogP contribution in [0.1, 0.15) is 40.0 Å². The Balaban J connectivity index is 1.96. The summed E-state index contributed by atoms with van der Waals surface area (Å²) in [6.45, 7) is 10.2. The van der Waals surface area contributed by atoms with Gasteiger partial charge in [-0.1, -0.05) is 27.4 Å². The minimum atomic E-state index is -1.25. The molecular formula is C15H20O4. The molecule has 5 atom stereocenters. The first-order valence-electron chi connectivity index (χ1n) is 7.04. The van der Waals surface area contributed by atoms with Gasteiger partial charge in [-0.15, -0.1) is 0 Å². The van der Waals surface area contributed by atoms with Gasteiger partial charge in [0.05, 0.1) is 11.7 Å². The van der Waals surface area contributed by atoms with Crippen molar-refractivity contribution in [1.29, 1.82) is 0 Å². The first kappa shape index (κ1) is 11.9. The summed E-state index contributed by atoms with van der Waals surface area (Å²) in [5.41, 5.74) is -2.54. The van der Waals surface area contributed by atoms with Gasteiger partial charge in [-0.3, -0.25) is 0 Å². The van der Waals surface area contributed by atoms with Crippen LogP contribution in [0, 0.1) is 11.3 Å². The van der Waals surface area contributed by atoms with E-state index >= 15 is 0 Å². The molecule has 4 heteroatoms. The predicted octanol–water partition coefficient (Wildman–Crippen LogP) is 1.57. The largest absolute Gasteiger partial charge is 0.449 e. The molecule has 2 spiro atoms. The zero-order valence-corrected chi connectivity index (χ0v) is 11.7. The van der Waals surface area contributed by atoms with Crippen molar-refractivity contribution in [2.45, 2.75) is 62.9 Å². The van der Waals surface area contributed by atoms with Gasteiger partial charge >= 0.3 is 5.97 Å². The van der Waals surface area contributed by atoms with E-state index in [1.54, 1.807) is 0 Å². The smallest absolute Gasteiger partial charge is 0.337 e. The van der Waals surface area contributed by atoms with E-state index in [0.29, 0.717) is 18.8 Å². The fourth-order valence-electron chi connectivity index (χ4n) is 5.15. The highest BCUT2D eigenvalue weighted by molar-refractivity contribution is 5.94. The van der Waals surface area contributed by atoms with Gasteiger partial charge in [-0.2, -0.15) is 0 Å². The van der Waals surface area contributed by atoms with Crippen LogP contribution in [0.15, 0.2) is 12.2 Å². The molecular weight excluding hydrogens is 244 g/mol. The maximum Gasteiger partial charge on any atom is 0.337 e. The van der Waals surface area contributed by atoms with E-state index in [0.717, 1.165) is 6.42 Å². The van der Waals surface area contributed by atoms with Crippen LogP contribution in [0.2, 0.25) is 0 Å². The number of rotatable bonds is 0. The molecule has 19 heavy (non-hydrogen) atoms. The van der Waals surface area contributed by atoms with Crippen LogP contribution in [-0.2, 0) is 14.3 Å². The summed E-state index contributed by atoms with van der Waals surface area (Å²) in [6, 6.07) is 0. The lowest BCUT2D eigenvalue weighted by Crippen LogP contribution is -2.64. The monoisotopic (exact) mass is 264 g/mol. The minimum absolute atomic E-state index is 0.0699. The van der Waals surface area contributed by atoms with Gasteiger partial charge in [0, 0.05) is 6.42 Å². The average Bonchev–Trinajstić information content (AvgIpc) is 3.00. The quantitative estimate of drug-likeness (QED) is 0.410. The predicted molar refractivity (Wildman–Crippen MR) is 67.3 cm³/mol. The fraction of sp³-hybridized carbons (Fsp3) is 0.800. The molecule has 2 saturated carbocycles. The molecule has 104 valence electrons. The van der Waals surface area contributed by atoms with Gasteiger partial charge in [0.25, 0.3) is 0 Å². The molecule has 4 fully saturated rings. The molecule has 4 nitrogen and oxygen atoms in total. The number of hydrogen-bond donors (Lipinski definition) is 1. The second-order valence-electron chi connectivity index (χ2n) is 7.45. The molecule has 2 aliphatic carbocycles. The van der Waals surface area contributed by atoms with Crippen molar-refractivity contribution in [2.24, 2.45) is 11.3 Å². The lowest BCUT2D eigenvalue weighted by molar-refractivity contribution is -0.203. The lowest BCUT2D eigenvalue weighted by Gasteiger charge is -2.49. The van der Waals surface area contributed by atoms with E-state index in [2.05, 4.69) is 27.4 Å². The van der Waals surface area contributed by atoms with E-state index in [4.69, 9.17) is 9.47 Å². The van der Waals surface area contributed by atoms with E-state index in [9.17, 15) is 9.90 Å². The second kappa shape index (κ2) is 2.77. The third-order valence-corrected chi connectivity index (χ3v) is 6.04. The number of esters is 1. The van der Waals surface area contributed by atoms with Gasteiger partial charge in [0.15, 0.2) is 5.60 Å². The highest BCUT2D eigenvalue weighted by Gasteiger charge is 2.90. The van der Waals surface area contributed by atoms with Crippen molar-refractivity contribution in [2.75, 3.05) is 0 Å². The molecule has 2 aliphatic heterocycles. The van der Waals surface area contributed by atoms with E-state index in [1.165, 1.54) is 0 Å². The van der Waals surface area contributed by atoms with Gasteiger partial charge < -0.3 is 14.6 Å². The summed E-state index contributed by atoms with van der Waals surface area (Å²) in [5, 5.41) is 11.1. The Bertz CT molecular complexity index is 524. The van der Waals surface area contributed by atoms with Crippen LogP contribution < -0.4 is 0 Å². The molecule has 0 radical (unpaired) electrons. The summed E-state index contributed by atoms with van der Waals surface area (Å²) in [7, 11) is 0. The topological polar surface area (TPSA) is 59.1 Å². The molecule has 1 N–H and O–H groups in total. The maximum atomic E-state index is 12.0. The Labute approximate surface area is 112 Å². The van der Waals surface area contributed by atoms with Gasteiger partial charge in [-0.25, -0.2) is 4.79 Å². The Morgan fingerprint density at radius 1 is 1.42 bits per heavy atom. The molecule has 2 saturated heterocycles. The van der Waals surface area contributed by atoms with Crippen LogP contribution in [0.3, 0.4) is 0 Å². The summed E-state index contributed by atoms with van der Waals surface area (Å²) >= 11 is 0. The van der Waals surface area contributed by atoms with Crippen LogP contribution >= 0.6 is 0 Å². The third-order valence-electron chi connectivity index (χ3n) is 6.04. The van der Waals surface area contributed by atoms with Crippen LogP contribution in [0.4, 0.5) is 0 Å². The lowest BCUT2D eigenvalue weighted by atomic mass is 9.61. The first-order chi connectivity index (χ1) is 8.71. The summed E-state index contributed by atoms with van der Waals surface area (Å²) < 4.78 is 11.8.